The molecule has 1 fully saturated rings. The molecule has 22 heavy (non-hydrogen) atoms. The average Bonchev–Trinajstić information content (AvgIpc) is 3.38. The highest BCUT2D eigenvalue weighted by Gasteiger charge is 2.43. The van der Waals surface area contributed by atoms with E-state index in [1.54, 1.807) is 0 Å². The number of benzene rings is 2. The van der Waals surface area contributed by atoms with Crippen LogP contribution < -0.4 is 5.43 Å². The number of hydrogen-bond donors (Lipinski definition) is 1. The molecule has 2 aromatic rings. The van der Waals surface area contributed by atoms with Gasteiger partial charge in [0, 0.05) is 5.92 Å². The normalized spacial score (nSPS) is 20.5. The second-order valence-electron chi connectivity index (χ2n) is 5.61. The maximum atomic E-state index is 12.2. The Kier molecular flexibility index (Phi) is 4.33. The Labute approximate surface area is 131 Å². The van der Waals surface area contributed by atoms with Crippen LogP contribution in [0.5, 0.6) is 0 Å². The quantitative estimate of drug-likeness (QED) is 0.662. The third kappa shape index (κ3) is 3.25. The smallest absolute Gasteiger partial charge is 0.243 e. The molecule has 1 saturated carbocycles. The summed E-state index contributed by atoms with van der Waals surface area (Å²) in [5, 5.41) is 4.32. The predicted octanol–water partition coefficient (Wildman–Crippen LogP) is 3.72. The number of nitrogens with one attached hydrogen (secondary N) is 1. The molecule has 0 radical (unpaired) electrons. The minimum absolute atomic E-state index is 0.0238. The van der Waals surface area contributed by atoms with E-state index in [1.807, 2.05) is 55.5 Å². The summed E-state index contributed by atoms with van der Waals surface area (Å²) in [7, 11) is 0. The molecular weight excluding hydrogens is 272 g/mol. The summed E-state index contributed by atoms with van der Waals surface area (Å²) in [6, 6.07) is 20.2. The van der Waals surface area contributed by atoms with Crippen LogP contribution in [0.3, 0.4) is 0 Å². The lowest BCUT2D eigenvalue weighted by Gasteiger charge is -2.05. The lowest BCUT2D eigenvalue weighted by atomic mass is 10.1. The van der Waals surface area contributed by atoms with Gasteiger partial charge in [0.15, 0.2) is 0 Å². The van der Waals surface area contributed by atoms with E-state index in [1.165, 1.54) is 5.56 Å². The third-order valence-corrected chi connectivity index (χ3v) is 4.10. The van der Waals surface area contributed by atoms with E-state index in [2.05, 4.69) is 22.7 Å². The molecule has 2 atom stereocenters. The second-order valence-corrected chi connectivity index (χ2v) is 5.61. The van der Waals surface area contributed by atoms with Crippen LogP contribution in [0.2, 0.25) is 0 Å². The monoisotopic (exact) mass is 292 g/mol. The van der Waals surface area contributed by atoms with Crippen molar-refractivity contribution in [2.24, 2.45) is 11.0 Å². The van der Waals surface area contributed by atoms with Crippen molar-refractivity contribution in [2.45, 2.75) is 25.7 Å². The molecule has 3 rings (SSSR count). The number of rotatable bonds is 5. The average molecular weight is 292 g/mol. The third-order valence-electron chi connectivity index (χ3n) is 4.10. The van der Waals surface area contributed by atoms with Crippen LogP contribution in [0.1, 0.15) is 36.8 Å². The lowest BCUT2D eigenvalue weighted by molar-refractivity contribution is -0.122. The van der Waals surface area contributed by atoms with Crippen molar-refractivity contribution in [1.29, 1.82) is 0 Å². The fraction of sp³-hybridized carbons (Fsp3) is 0.263. The van der Waals surface area contributed by atoms with E-state index < -0.39 is 0 Å². The van der Waals surface area contributed by atoms with Crippen LogP contribution in [-0.4, -0.2) is 11.6 Å². The number of carbonyl (C=O) groups excluding carboxylic acids is 1. The first-order chi connectivity index (χ1) is 10.8. The van der Waals surface area contributed by atoms with Gasteiger partial charge in [0.05, 0.1) is 5.71 Å². The maximum absolute atomic E-state index is 12.2. The zero-order chi connectivity index (χ0) is 15.4. The van der Waals surface area contributed by atoms with E-state index in [0.29, 0.717) is 5.92 Å². The molecule has 0 aromatic heterocycles. The van der Waals surface area contributed by atoms with E-state index >= 15 is 0 Å². The van der Waals surface area contributed by atoms with Crippen molar-refractivity contribution < 1.29 is 4.79 Å². The van der Waals surface area contributed by atoms with E-state index in [9.17, 15) is 4.79 Å². The molecule has 3 heteroatoms. The number of carbonyl (C=O) groups is 1. The second kappa shape index (κ2) is 6.56. The molecule has 0 spiro atoms. The molecule has 0 bridgehead atoms. The Bertz CT molecular complexity index is 664. The summed E-state index contributed by atoms with van der Waals surface area (Å²) in [4.78, 5) is 12.2. The van der Waals surface area contributed by atoms with Gasteiger partial charge in [0.25, 0.3) is 0 Å². The van der Waals surface area contributed by atoms with Crippen LogP contribution in [0.4, 0.5) is 0 Å². The molecule has 112 valence electrons. The van der Waals surface area contributed by atoms with Crippen molar-refractivity contribution >= 4 is 11.6 Å². The van der Waals surface area contributed by atoms with Crippen molar-refractivity contribution in [1.82, 2.24) is 5.43 Å². The SMILES string of the molecule is CC/C(=N/NC(=O)[C@H]1C[C@@H]1c1ccccc1)c1ccccc1. The van der Waals surface area contributed by atoms with Gasteiger partial charge in [-0.05, 0) is 29.9 Å². The standard InChI is InChI=1S/C19H20N2O/c1-2-18(15-11-7-4-8-12-15)20-21-19(22)17-13-16(17)14-9-5-3-6-10-14/h3-12,16-17H,2,13H2,1H3,(H,21,22)/b20-18-/t16-,17+/m1/s1. The number of amides is 1. The van der Waals surface area contributed by atoms with Crippen LogP contribution in [0.15, 0.2) is 65.8 Å². The lowest BCUT2D eigenvalue weighted by Crippen LogP contribution is -2.22. The molecule has 0 unspecified atom stereocenters. The van der Waals surface area contributed by atoms with Gasteiger partial charge >= 0.3 is 0 Å². The van der Waals surface area contributed by atoms with E-state index in [0.717, 1.165) is 24.1 Å². The molecule has 0 aliphatic heterocycles. The van der Waals surface area contributed by atoms with Crippen molar-refractivity contribution in [3.63, 3.8) is 0 Å². The van der Waals surface area contributed by atoms with Crippen LogP contribution in [0.25, 0.3) is 0 Å². The van der Waals surface area contributed by atoms with Gasteiger partial charge < -0.3 is 0 Å². The van der Waals surface area contributed by atoms with Gasteiger partial charge in [0.1, 0.15) is 0 Å². The Balaban J connectivity index is 1.62. The van der Waals surface area contributed by atoms with Gasteiger partial charge in [0.2, 0.25) is 5.91 Å². The number of nitrogens with zero attached hydrogens (tertiary/aromatic N) is 1. The molecular formula is C19H20N2O. The molecule has 0 saturated heterocycles. The highest BCUT2D eigenvalue weighted by atomic mass is 16.2. The summed E-state index contributed by atoms with van der Waals surface area (Å²) in [6.07, 6.45) is 1.70. The molecule has 1 aliphatic rings. The van der Waals surface area contributed by atoms with Crippen molar-refractivity contribution in [2.75, 3.05) is 0 Å². The number of hydrogen-bond acceptors (Lipinski definition) is 2. The fourth-order valence-corrected chi connectivity index (χ4v) is 2.74. The summed E-state index contributed by atoms with van der Waals surface area (Å²) < 4.78 is 0. The Morgan fingerprint density at radius 3 is 2.36 bits per heavy atom. The molecule has 1 amide bonds. The summed E-state index contributed by atoms with van der Waals surface area (Å²) in [5.41, 5.74) is 5.95. The minimum Gasteiger partial charge on any atom is -0.273 e. The predicted molar refractivity (Wildman–Crippen MR) is 88.7 cm³/mol. The highest BCUT2D eigenvalue weighted by molar-refractivity contribution is 6.01. The Morgan fingerprint density at radius 1 is 1.09 bits per heavy atom. The van der Waals surface area contributed by atoms with Gasteiger partial charge in [-0.1, -0.05) is 67.6 Å². The fourth-order valence-electron chi connectivity index (χ4n) is 2.74. The van der Waals surface area contributed by atoms with Gasteiger partial charge in [-0.15, -0.1) is 0 Å². The van der Waals surface area contributed by atoms with Crippen LogP contribution >= 0.6 is 0 Å². The Morgan fingerprint density at radius 2 is 1.73 bits per heavy atom. The van der Waals surface area contributed by atoms with Gasteiger partial charge in [-0.2, -0.15) is 5.10 Å². The topological polar surface area (TPSA) is 41.5 Å². The minimum atomic E-state index is 0.0238. The zero-order valence-electron chi connectivity index (χ0n) is 12.7. The largest absolute Gasteiger partial charge is 0.273 e. The van der Waals surface area contributed by atoms with Crippen molar-refractivity contribution in [3.05, 3.63) is 71.8 Å². The highest BCUT2D eigenvalue weighted by Crippen LogP contribution is 2.47. The van der Waals surface area contributed by atoms with E-state index in [-0.39, 0.29) is 11.8 Å². The summed E-state index contributed by atoms with van der Waals surface area (Å²) >= 11 is 0. The van der Waals surface area contributed by atoms with E-state index in [4.69, 9.17) is 0 Å². The molecule has 2 aromatic carbocycles. The molecule has 0 heterocycles. The summed E-state index contributed by atoms with van der Waals surface area (Å²) in [5.74, 6) is 0.425. The zero-order valence-corrected chi connectivity index (χ0v) is 12.7. The van der Waals surface area contributed by atoms with Gasteiger partial charge in [-0.3, -0.25) is 4.79 Å². The van der Waals surface area contributed by atoms with Gasteiger partial charge in [-0.25, -0.2) is 5.43 Å². The Hall–Kier alpha value is -2.42. The van der Waals surface area contributed by atoms with Crippen LogP contribution in [0, 0.1) is 5.92 Å². The molecule has 3 nitrogen and oxygen atoms in total. The van der Waals surface area contributed by atoms with Crippen LogP contribution in [-0.2, 0) is 4.79 Å². The number of hydrazone groups is 1. The summed E-state index contributed by atoms with van der Waals surface area (Å²) in [6.45, 7) is 2.04. The molecule has 1 aliphatic carbocycles. The molecule has 1 N–H and O–H groups in total. The van der Waals surface area contributed by atoms with Crippen molar-refractivity contribution in [3.8, 4) is 0 Å². The first-order valence-electron chi connectivity index (χ1n) is 7.76. The first-order valence-corrected chi connectivity index (χ1v) is 7.76. The maximum Gasteiger partial charge on any atom is 0.243 e. The first kappa shape index (κ1) is 14.5.